The van der Waals surface area contributed by atoms with Gasteiger partial charge >= 0.3 is 0 Å². The van der Waals surface area contributed by atoms with E-state index in [-0.39, 0.29) is 5.41 Å². The van der Waals surface area contributed by atoms with Crippen molar-refractivity contribution < 1.29 is 18.9 Å². The van der Waals surface area contributed by atoms with E-state index >= 15 is 0 Å². The molecule has 0 radical (unpaired) electrons. The van der Waals surface area contributed by atoms with Gasteiger partial charge in [0.1, 0.15) is 0 Å². The number of nitrogens with zero attached hydrogens (tertiary/aromatic N) is 1. The number of hydrogen-bond acceptors (Lipinski definition) is 5. The Hall–Kier alpha value is -0.460. The Kier molecular flexibility index (Phi) is 8.17. The van der Waals surface area contributed by atoms with E-state index in [4.69, 9.17) is 18.9 Å². The summed E-state index contributed by atoms with van der Waals surface area (Å²) in [4.78, 5) is 2.51. The average Bonchev–Trinajstić information content (AvgIpc) is 2.56. The summed E-state index contributed by atoms with van der Waals surface area (Å²) in [7, 11) is 3.48. The van der Waals surface area contributed by atoms with Gasteiger partial charge in [0.15, 0.2) is 0 Å². The first-order valence-corrected chi connectivity index (χ1v) is 9.19. The van der Waals surface area contributed by atoms with E-state index in [1.807, 2.05) is 6.08 Å². The van der Waals surface area contributed by atoms with E-state index in [2.05, 4.69) is 18.4 Å². The molecule has 0 aromatic rings. The van der Waals surface area contributed by atoms with Gasteiger partial charge in [-0.1, -0.05) is 13.0 Å². The summed E-state index contributed by atoms with van der Waals surface area (Å²) in [5, 5.41) is 0. The molecule has 24 heavy (non-hydrogen) atoms. The largest absolute Gasteiger partial charge is 0.382 e. The summed E-state index contributed by atoms with van der Waals surface area (Å²) < 4.78 is 22.3. The molecule has 1 atom stereocenters. The van der Waals surface area contributed by atoms with Crippen LogP contribution in [-0.4, -0.2) is 76.9 Å². The maximum Gasteiger partial charge on any atom is 0.0700 e. The lowest BCUT2D eigenvalue weighted by atomic mass is 9.89. The minimum atomic E-state index is -0.0128. The van der Waals surface area contributed by atoms with E-state index in [9.17, 15) is 0 Å². The van der Waals surface area contributed by atoms with Crippen molar-refractivity contribution in [1.29, 1.82) is 0 Å². The third kappa shape index (κ3) is 6.12. The van der Waals surface area contributed by atoms with Crippen LogP contribution in [-0.2, 0) is 18.9 Å². The third-order valence-corrected chi connectivity index (χ3v) is 5.25. The van der Waals surface area contributed by atoms with Crippen LogP contribution in [0.2, 0.25) is 0 Å². The summed E-state index contributed by atoms with van der Waals surface area (Å²) in [5.74, 6) is 0. The van der Waals surface area contributed by atoms with Crippen LogP contribution < -0.4 is 0 Å². The van der Waals surface area contributed by atoms with Crippen LogP contribution >= 0.6 is 0 Å². The highest BCUT2D eigenvalue weighted by Gasteiger charge is 2.33. The van der Waals surface area contributed by atoms with Crippen molar-refractivity contribution in [2.75, 3.05) is 53.7 Å². The van der Waals surface area contributed by atoms with Crippen molar-refractivity contribution in [1.82, 2.24) is 4.90 Å². The molecule has 1 saturated heterocycles. The van der Waals surface area contributed by atoms with Gasteiger partial charge in [0.25, 0.3) is 0 Å². The Morgan fingerprint density at radius 1 is 1.08 bits per heavy atom. The summed E-state index contributed by atoms with van der Waals surface area (Å²) >= 11 is 0. The minimum Gasteiger partial charge on any atom is -0.382 e. The fourth-order valence-corrected chi connectivity index (χ4v) is 3.42. The highest BCUT2D eigenvalue weighted by atomic mass is 16.5. The van der Waals surface area contributed by atoms with Gasteiger partial charge in [0.05, 0.1) is 38.1 Å². The van der Waals surface area contributed by atoms with E-state index in [0.29, 0.717) is 38.1 Å². The second kappa shape index (κ2) is 9.88. The Morgan fingerprint density at radius 2 is 1.79 bits per heavy atom. The lowest BCUT2D eigenvalue weighted by molar-refractivity contribution is -0.127. The molecule has 1 aliphatic heterocycles. The van der Waals surface area contributed by atoms with Crippen LogP contribution in [0, 0.1) is 5.41 Å². The number of hydrogen-bond donors (Lipinski definition) is 0. The molecule has 0 amide bonds. The van der Waals surface area contributed by atoms with Crippen molar-refractivity contribution in [3.05, 3.63) is 12.7 Å². The summed E-state index contributed by atoms with van der Waals surface area (Å²) in [6, 6.07) is 0. The molecule has 2 rings (SSSR count). The van der Waals surface area contributed by atoms with E-state index in [1.165, 1.54) is 0 Å². The molecule has 0 aromatic heterocycles. The summed E-state index contributed by atoms with van der Waals surface area (Å²) in [5.41, 5.74) is -0.0128. The second-order valence-electron chi connectivity index (χ2n) is 7.47. The molecule has 1 heterocycles. The molecule has 1 aliphatic carbocycles. The predicted molar refractivity (Wildman–Crippen MR) is 95.4 cm³/mol. The molecule has 0 N–H and O–H groups in total. The SMILES string of the molecule is C=CC(C)(COCCOC)CN1CCC(OC2CC(OC)C2)CC1. The van der Waals surface area contributed by atoms with Crippen LogP contribution in [0.25, 0.3) is 0 Å². The Bertz CT molecular complexity index is 364. The number of ether oxygens (including phenoxy) is 4. The van der Waals surface area contributed by atoms with Gasteiger partial charge in [-0.15, -0.1) is 6.58 Å². The van der Waals surface area contributed by atoms with Gasteiger partial charge in [-0.2, -0.15) is 0 Å². The number of rotatable bonds is 11. The first-order chi connectivity index (χ1) is 11.6. The molecule has 2 aliphatic rings. The van der Waals surface area contributed by atoms with Crippen molar-refractivity contribution in [2.24, 2.45) is 5.41 Å². The highest BCUT2D eigenvalue weighted by Crippen LogP contribution is 2.30. The molecular formula is C19H35NO4. The average molecular weight is 341 g/mol. The van der Waals surface area contributed by atoms with Crippen molar-refractivity contribution in [3.63, 3.8) is 0 Å². The van der Waals surface area contributed by atoms with Crippen LogP contribution in [0.5, 0.6) is 0 Å². The zero-order valence-electron chi connectivity index (χ0n) is 15.7. The van der Waals surface area contributed by atoms with Crippen molar-refractivity contribution in [3.8, 4) is 0 Å². The highest BCUT2D eigenvalue weighted by molar-refractivity contribution is 4.95. The van der Waals surface area contributed by atoms with Gasteiger partial charge < -0.3 is 23.8 Å². The molecule has 140 valence electrons. The smallest absolute Gasteiger partial charge is 0.0700 e. The monoisotopic (exact) mass is 341 g/mol. The second-order valence-corrected chi connectivity index (χ2v) is 7.47. The number of piperidine rings is 1. The van der Waals surface area contributed by atoms with Crippen LogP contribution in [0.3, 0.4) is 0 Å². The lowest BCUT2D eigenvalue weighted by Crippen LogP contribution is -2.46. The van der Waals surface area contributed by atoms with Gasteiger partial charge in [-0.05, 0) is 25.7 Å². The molecule has 1 saturated carbocycles. The van der Waals surface area contributed by atoms with Gasteiger partial charge in [0.2, 0.25) is 0 Å². The molecular weight excluding hydrogens is 306 g/mol. The number of methoxy groups -OCH3 is 2. The first kappa shape index (κ1) is 19.9. The zero-order chi connectivity index (χ0) is 17.4. The normalized spacial score (nSPS) is 28.3. The zero-order valence-corrected chi connectivity index (χ0v) is 15.7. The standard InChI is InChI=1S/C19H35NO4/c1-5-19(2,15-23-11-10-21-3)14-20-8-6-16(7-9-20)24-18-12-17(13-18)22-4/h5,16-18H,1,6-15H2,2-4H3. The van der Waals surface area contributed by atoms with Crippen molar-refractivity contribution >= 4 is 0 Å². The quantitative estimate of drug-likeness (QED) is 0.427. The first-order valence-electron chi connectivity index (χ1n) is 9.19. The van der Waals surface area contributed by atoms with Crippen molar-refractivity contribution in [2.45, 2.75) is 50.9 Å². The molecule has 1 unspecified atom stereocenters. The molecule has 0 spiro atoms. The molecule has 5 nitrogen and oxygen atoms in total. The van der Waals surface area contributed by atoms with E-state index in [1.54, 1.807) is 14.2 Å². The van der Waals surface area contributed by atoms with Crippen LogP contribution in [0.4, 0.5) is 0 Å². The number of likely N-dealkylation sites (tertiary alicyclic amines) is 1. The predicted octanol–water partition coefficient (Wildman–Crippen LogP) is 2.50. The lowest BCUT2D eigenvalue weighted by Gasteiger charge is -2.41. The van der Waals surface area contributed by atoms with E-state index < -0.39 is 0 Å². The molecule has 2 fully saturated rings. The Morgan fingerprint density at radius 3 is 2.38 bits per heavy atom. The maximum absolute atomic E-state index is 6.19. The molecule has 5 heteroatoms. The minimum absolute atomic E-state index is 0.0128. The van der Waals surface area contributed by atoms with E-state index in [0.717, 1.165) is 45.3 Å². The van der Waals surface area contributed by atoms with Crippen LogP contribution in [0.15, 0.2) is 12.7 Å². The molecule has 0 bridgehead atoms. The van der Waals surface area contributed by atoms with Gasteiger partial charge in [0, 0.05) is 39.3 Å². The molecule has 0 aromatic carbocycles. The van der Waals surface area contributed by atoms with Gasteiger partial charge in [-0.25, -0.2) is 0 Å². The Labute approximate surface area is 147 Å². The fourth-order valence-electron chi connectivity index (χ4n) is 3.42. The van der Waals surface area contributed by atoms with Gasteiger partial charge in [-0.3, -0.25) is 0 Å². The third-order valence-electron chi connectivity index (χ3n) is 5.25. The summed E-state index contributed by atoms with van der Waals surface area (Å²) in [6.07, 6.45) is 7.63. The van der Waals surface area contributed by atoms with Crippen LogP contribution in [0.1, 0.15) is 32.6 Å². The topological polar surface area (TPSA) is 40.2 Å². The maximum atomic E-state index is 6.19. The fraction of sp³-hybridized carbons (Fsp3) is 0.895. The summed E-state index contributed by atoms with van der Waals surface area (Å²) in [6.45, 7) is 11.4. The Balaban J connectivity index is 1.64.